The van der Waals surface area contributed by atoms with Crippen LogP contribution in [0.15, 0.2) is 18.3 Å². The van der Waals surface area contributed by atoms with Crippen molar-refractivity contribution in [3.63, 3.8) is 0 Å². The molecule has 2 unspecified atom stereocenters. The summed E-state index contributed by atoms with van der Waals surface area (Å²) in [6.45, 7) is 4.78. The maximum absolute atomic E-state index is 2.41. The molecule has 1 saturated carbocycles. The Morgan fingerprint density at radius 2 is 1.93 bits per heavy atom. The van der Waals surface area contributed by atoms with Crippen LogP contribution in [0, 0.1) is 17.8 Å². The molecule has 0 aromatic carbocycles. The maximum atomic E-state index is 2.41. The second-order valence-corrected chi connectivity index (χ2v) is 4.95. The van der Waals surface area contributed by atoms with Crippen molar-refractivity contribution in [3.05, 3.63) is 29.6 Å². The number of hydrogen-bond acceptors (Lipinski definition) is 0. The average molecular weight is 187 g/mol. The Hall–Kier alpha value is -0.980. The molecule has 0 N–H and O–H groups in total. The van der Waals surface area contributed by atoms with Crippen molar-refractivity contribution in [2.24, 2.45) is 24.8 Å². The first-order valence-electron chi connectivity index (χ1n) is 5.53. The van der Waals surface area contributed by atoms with E-state index in [9.17, 15) is 0 Å². The zero-order valence-corrected chi connectivity index (χ0v) is 9.07. The monoisotopic (exact) mass is 187 g/mol. The molecule has 1 heterocycles. The lowest BCUT2D eigenvalue weighted by Crippen LogP contribution is -2.39. The summed E-state index contributed by atoms with van der Waals surface area (Å²) in [6.07, 6.45) is 6.92. The van der Waals surface area contributed by atoms with Crippen LogP contribution in [-0.2, 0) is 7.05 Å². The van der Waals surface area contributed by atoms with E-state index in [1.807, 2.05) is 0 Å². The summed E-state index contributed by atoms with van der Waals surface area (Å²) in [4.78, 5) is 0. The fourth-order valence-electron chi connectivity index (χ4n) is 3.47. The van der Waals surface area contributed by atoms with Crippen molar-refractivity contribution in [3.8, 4) is 0 Å². The quantitative estimate of drug-likeness (QED) is 0.588. The maximum Gasteiger partial charge on any atom is 0.0436 e. The third kappa shape index (κ3) is 0.807. The number of allylic oxidation sites excluding steroid dienone is 1. The molecule has 0 radical (unpaired) electrons. The Morgan fingerprint density at radius 3 is 2.64 bits per heavy atom. The highest BCUT2D eigenvalue weighted by Gasteiger charge is 2.46. The van der Waals surface area contributed by atoms with Crippen molar-refractivity contribution in [2.75, 3.05) is 0 Å². The van der Waals surface area contributed by atoms with Crippen LogP contribution in [0.1, 0.15) is 31.0 Å². The normalized spacial score (nSPS) is 38.8. The minimum absolute atomic E-state index is 0.797. The van der Waals surface area contributed by atoms with E-state index >= 15 is 0 Å². The second kappa shape index (κ2) is 2.53. The number of rotatable bonds is 0. The Kier molecular flexibility index (Phi) is 1.51. The first kappa shape index (κ1) is 8.34. The number of aromatic nitrogens is 1. The van der Waals surface area contributed by atoms with E-state index in [4.69, 9.17) is 0 Å². The second-order valence-electron chi connectivity index (χ2n) is 4.95. The van der Waals surface area contributed by atoms with Crippen molar-refractivity contribution in [1.82, 2.24) is 4.57 Å². The van der Waals surface area contributed by atoms with Crippen molar-refractivity contribution in [2.45, 2.75) is 19.8 Å². The van der Waals surface area contributed by atoms with E-state index < -0.39 is 0 Å². The minimum atomic E-state index is 0.797. The first-order valence-corrected chi connectivity index (χ1v) is 5.53. The zero-order chi connectivity index (χ0) is 9.87. The molecule has 74 valence electrons. The molecule has 1 aromatic heterocycles. The van der Waals surface area contributed by atoms with E-state index in [0.717, 1.165) is 23.7 Å². The molecule has 2 bridgehead atoms. The molecule has 14 heavy (non-hydrogen) atoms. The SMILES string of the molecule is CC1C2C=Cc3c(ccn3C)C1C2C. The van der Waals surface area contributed by atoms with Crippen LogP contribution < -0.4 is 0 Å². The molecule has 1 heteroatoms. The van der Waals surface area contributed by atoms with Gasteiger partial charge in [-0.2, -0.15) is 0 Å². The summed E-state index contributed by atoms with van der Waals surface area (Å²) in [5, 5.41) is 0. The number of hydrogen-bond donors (Lipinski definition) is 0. The summed E-state index contributed by atoms with van der Waals surface area (Å²) in [5.74, 6) is 3.29. The molecule has 2 atom stereocenters. The van der Waals surface area contributed by atoms with Gasteiger partial charge in [-0.1, -0.05) is 19.9 Å². The van der Waals surface area contributed by atoms with Crippen molar-refractivity contribution in [1.29, 1.82) is 0 Å². The molecule has 4 rings (SSSR count). The fraction of sp³-hybridized carbons (Fsp3) is 0.538. The van der Waals surface area contributed by atoms with Crippen molar-refractivity contribution >= 4 is 6.08 Å². The Balaban J connectivity index is 2.18. The van der Waals surface area contributed by atoms with Gasteiger partial charge in [0.05, 0.1) is 0 Å². The molecule has 1 nitrogen and oxygen atoms in total. The van der Waals surface area contributed by atoms with Gasteiger partial charge in [-0.05, 0) is 41.4 Å². The summed E-state index contributed by atoms with van der Waals surface area (Å²) in [5.41, 5.74) is 2.99. The van der Waals surface area contributed by atoms with Gasteiger partial charge in [-0.15, -0.1) is 0 Å². The topological polar surface area (TPSA) is 4.93 Å². The summed E-state index contributed by atoms with van der Waals surface area (Å²) >= 11 is 0. The van der Waals surface area contributed by atoms with Crippen LogP contribution in [0.25, 0.3) is 6.08 Å². The van der Waals surface area contributed by atoms with Gasteiger partial charge in [0, 0.05) is 18.9 Å². The van der Waals surface area contributed by atoms with Gasteiger partial charge in [0.25, 0.3) is 0 Å². The predicted molar refractivity (Wildman–Crippen MR) is 59.0 cm³/mol. The Morgan fingerprint density at radius 1 is 1.21 bits per heavy atom. The lowest BCUT2D eigenvalue weighted by molar-refractivity contribution is 0.103. The largest absolute Gasteiger partial charge is 0.351 e. The van der Waals surface area contributed by atoms with Crippen LogP contribution in [0.2, 0.25) is 0 Å². The van der Waals surface area contributed by atoms with E-state index in [1.165, 1.54) is 5.69 Å². The van der Waals surface area contributed by atoms with Crippen LogP contribution in [0.3, 0.4) is 0 Å². The molecule has 0 amide bonds. The van der Waals surface area contributed by atoms with Crippen LogP contribution in [0.4, 0.5) is 0 Å². The lowest BCUT2D eigenvalue weighted by Gasteiger charge is -2.47. The molecule has 1 fully saturated rings. The average Bonchev–Trinajstić information content (AvgIpc) is 2.37. The van der Waals surface area contributed by atoms with Gasteiger partial charge in [0.1, 0.15) is 0 Å². The third-order valence-electron chi connectivity index (χ3n) is 4.34. The van der Waals surface area contributed by atoms with E-state index in [2.05, 4.69) is 49.9 Å². The first-order chi connectivity index (χ1) is 6.70. The van der Waals surface area contributed by atoms with Gasteiger partial charge in [-0.3, -0.25) is 0 Å². The molecular weight excluding hydrogens is 170 g/mol. The smallest absolute Gasteiger partial charge is 0.0436 e. The standard InChI is InChI=1S/C13H17N/c1-8-10-4-5-12-11(6-7-14(12)3)13(8)9(10)2/h4-10,13H,1-3H3. The number of aryl methyl sites for hydroxylation is 1. The lowest BCUT2D eigenvalue weighted by atomic mass is 9.57. The van der Waals surface area contributed by atoms with Gasteiger partial charge >= 0.3 is 0 Å². The third-order valence-corrected chi connectivity index (χ3v) is 4.34. The van der Waals surface area contributed by atoms with Crippen LogP contribution >= 0.6 is 0 Å². The Bertz CT molecular complexity index is 389. The highest BCUT2D eigenvalue weighted by Crippen LogP contribution is 2.55. The highest BCUT2D eigenvalue weighted by molar-refractivity contribution is 5.56. The van der Waals surface area contributed by atoms with Crippen molar-refractivity contribution < 1.29 is 0 Å². The van der Waals surface area contributed by atoms with Gasteiger partial charge < -0.3 is 4.57 Å². The molecule has 0 aliphatic heterocycles. The summed E-state index contributed by atoms with van der Waals surface area (Å²) in [6, 6.07) is 2.30. The molecule has 1 aromatic rings. The summed E-state index contributed by atoms with van der Waals surface area (Å²) in [7, 11) is 2.14. The predicted octanol–water partition coefficient (Wildman–Crippen LogP) is 3.04. The number of nitrogens with zero attached hydrogens (tertiary/aromatic N) is 1. The van der Waals surface area contributed by atoms with E-state index in [1.54, 1.807) is 5.56 Å². The van der Waals surface area contributed by atoms with Gasteiger partial charge in [-0.25, -0.2) is 0 Å². The summed E-state index contributed by atoms with van der Waals surface area (Å²) < 4.78 is 2.24. The van der Waals surface area contributed by atoms with Crippen LogP contribution in [0.5, 0.6) is 0 Å². The van der Waals surface area contributed by atoms with Gasteiger partial charge in [0.2, 0.25) is 0 Å². The van der Waals surface area contributed by atoms with Gasteiger partial charge in [0.15, 0.2) is 0 Å². The van der Waals surface area contributed by atoms with Crippen LogP contribution in [-0.4, -0.2) is 4.57 Å². The minimum Gasteiger partial charge on any atom is -0.351 e. The molecular formula is C13H17N. The molecule has 3 aliphatic rings. The molecule has 0 spiro atoms. The highest BCUT2D eigenvalue weighted by atomic mass is 14.9. The van der Waals surface area contributed by atoms with E-state index in [0.29, 0.717) is 0 Å². The Labute approximate surface area is 85.4 Å². The zero-order valence-electron chi connectivity index (χ0n) is 9.07. The molecule has 3 aliphatic carbocycles. The van der Waals surface area contributed by atoms with E-state index in [-0.39, 0.29) is 0 Å². The molecule has 0 saturated heterocycles. The fourth-order valence-corrected chi connectivity index (χ4v) is 3.47.